The summed E-state index contributed by atoms with van der Waals surface area (Å²) in [6.07, 6.45) is 0.831. The van der Waals surface area contributed by atoms with Crippen molar-refractivity contribution < 1.29 is 9.47 Å². The molecule has 0 bridgehead atoms. The molecule has 1 aliphatic rings. The van der Waals surface area contributed by atoms with E-state index in [-0.39, 0.29) is 0 Å². The SMILES string of the molecule is CCc1c(C)c(-c2ccccc2)c2c(c1-c1ccccc1)C(OC)(c1ccccc1)c1cc(-c3ccccc3)c(-c3ccccc3)cc1C2(OC)c1ccccc1. The fourth-order valence-corrected chi connectivity index (χ4v) is 9.73. The highest BCUT2D eigenvalue weighted by Gasteiger charge is 2.56. The Morgan fingerprint density at radius 3 is 1.07 bits per heavy atom. The molecule has 0 spiro atoms. The third-order valence-corrected chi connectivity index (χ3v) is 12.1. The summed E-state index contributed by atoms with van der Waals surface area (Å²) in [4.78, 5) is 0. The average molecular weight is 739 g/mol. The first-order valence-corrected chi connectivity index (χ1v) is 19.9. The Morgan fingerprint density at radius 1 is 0.404 bits per heavy atom. The standard InChI is InChI=1S/C55H46O2/c1-5-45-38(2)50(41-28-16-8-17-29-41)52-53(51(45)42-30-18-9-19-31-42)55(57-4,44-34-22-11-23-35-44)49-37-47(40-26-14-7-15-27-40)46(39-24-12-6-13-25-39)36-48(49)54(52,56-3)43-32-20-10-21-33-43/h6-37H,5H2,1-4H3. The Balaban J connectivity index is 1.61. The molecule has 0 heterocycles. The van der Waals surface area contributed by atoms with Gasteiger partial charge in [0.2, 0.25) is 0 Å². The third-order valence-electron chi connectivity index (χ3n) is 12.1. The van der Waals surface area contributed by atoms with Crippen LogP contribution >= 0.6 is 0 Å². The van der Waals surface area contributed by atoms with Gasteiger partial charge in [-0.3, -0.25) is 0 Å². The van der Waals surface area contributed by atoms with Gasteiger partial charge in [0.15, 0.2) is 0 Å². The molecule has 0 saturated carbocycles. The van der Waals surface area contributed by atoms with E-state index in [0.29, 0.717) is 0 Å². The lowest BCUT2D eigenvalue weighted by molar-refractivity contribution is 0.0174. The largest absolute Gasteiger partial charge is 0.364 e. The number of benzene rings is 8. The van der Waals surface area contributed by atoms with Gasteiger partial charge in [0.1, 0.15) is 11.2 Å². The van der Waals surface area contributed by atoms with Crippen molar-refractivity contribution in [1.29, 1.82) is 0 Å². The van der Waals surface area contributed by atoms with Gasteiger partial charge < -0.3 is 9.47 Å². The maximum atomic E-state index is 7.36. The third kappa shape index (κ3) is 5.63. The summed E-state index contributed by atoms with van der Waals surface area (Å²) in [5.74, 6) is 0. The smallest absolute Gasteiger partial charge is 0.144 e. The Morgan fingerprint density at radius 2 is 0.719 bits per heavy atom. The normalized spacial score (nSPS) is 17.1. The maximum absolute atomic E-state index is 7.36. The van der Waals surface area contributed by atoms with Gasteiger partial charge in [-0.25, -0.2) is 0 Å². The summed E-state index contributed by atoms with van der Waals surface area (Å²) < 4.78 is 14.7. The van der Waals surface area contributed by atoms with E-state index >= 15 is 0 Å². The van der Waals surface area contributed by atoms with Gasteiger partial charge in [-0.05, 0) is 92.2 Å². The highest BCUT2D eigenvalue weighted by molar-refractivity contribution is 5.92. The quantitative estimate of drug-likeness (QED) is 0.147. The van der Waals surface area contributed by atoms with E-state index in [0.717, 1.165) is 73.2 Å². The minimum atomic E-state index is -1.06. The van der Waals surface area contributed by atoms with Crippen molar-refractivity contribution in [3.63, 3.8) is 0 Å². The molecular formula is C55H46O2. The molecule has 0 fully saturated rings. The minimum Gasteiger partial charge on any atom is -0.364 e. The topological polar surface area (TPSA) is 18.5 Å². The van der Waals surface area contributed by atoms with Gasteiger partial charge in [-0.2, -0.15) is 0 Å². The summed E-state index contributed by atoms with van der Waals surface area (Å²) in [5, 5.41) is 0. The second-order valence-corrected chi connectivity index (χ2v) is 14.9. The number of hydrogen-bond acceptors (Lipinski definition) is 2. The van der Waals surface area contributed by atoms with Crippen LogP contribution in [0.4, 0.5) is 0 Å². The van der Waals surface area contributed by atoms with Crippen molar-refractivity contribution in [3.05, 3.63) is 239 Å². The van der Waals surface area contributed by atoms with Gasteiger partial charge in [-0.1, -0.05) is 189 Å². The number of rotatable bonds is 9. The summed E-state index contributed by atoms with van der Waals surface area (Å²) in [6.45, 7) is 4.59. The Kier molecular flexibility index (Phi) is 9.54. The number of fused-ring (bicyclic) bond motifs is 2. The lowest BCUT2D eigenvalue weighted by atomic mass is 9.58. The molecule has 57 heavy (non-hydrogen) atoms. The van der Waals surface area contributed by atoms with Crippen LogP contribution in [0.2, 0.25) is 0 Å². The molecule has 0 radical (unpaired) electrons. The van der Waals surface area contributed by atoms with Gasteiger partial charge in [0.05, 0.1) is 0 Å². The average Bonchev–Trinajstić information content (AvgIpc) is 3.29. The van der Waals surface area contributed by atoms with E-state index < -0.39 is 11.2 Å². The van der Waals surface area contributed by atoms with Gasteiger partial charge in [0.25, 0.3) is 0 Å². The molecule has 0 saturated heterocycles. The first kappa shape index (κ1) is 36.3. The zero-order valence-corrected chi connectivity index (χ0v) is 33.0. The second kappa shape index (κ2) is 15.0. The van der Waals surface area contributed by atoms with Crippen LogP contribution in [-0.4, -0.2) is 14.2 Å². The molecule has 9 rings (SSSR count). The van der Waals surface area contributed by atoms with Crippen molar-refractivity contribution in [3.8, 4) is 44.5 Å². The molecule has 0 aliphatic heterocycles. The zero-order chi connectivity index (χ0) is 39.0. The predicted octanol–water partition coefficient (Wildman–Crippen LogP) is 13.4. The van der Waals surface area contributed by atoms with E-state index in [4.69, 9.17) is 9.47 Å². The van der Waals surface area contributed by atoms with E-state index in [1.807, 2.05) is 14.2 Å². The van der Waals surface area contributed by atoms with Crippen LogP contribution < -0.4 is 0 Å². The predicted molar refractivity (Wildman–Crippen MR) is 235 cm³/mol. The van der Waals surface area contributed by atoms with Gasteiger partial charge in [-0.15, -0.1) is 0 Å². The van der Waals surface area contributed by atoms with E-state index in [1.165, 1.54) is 22.3 Å². The first-order valence-electron chi connectivity index (χ1n) is 19.9. The molecule has 8 aromatic carbocycles. The fourth-order valence-electron chi connectivity index (χ4n) is 9.73. The van der Waals surface area contributed by atoms with Crippen molar-refractivity contribution in [2.24, 2.45) is 0 Å². The van der Waals surface area contributed by atoms with Crippen molar-refractivity contribution >= 4 is 0 Å². The highest BCUT2D eigenvalue weighted by atomic mass is 16.5. The molecule has 2 heteroatoms. The van der Waals surface area contributed by atoms with Crippen LogP contribution in [0.15, 0.2) is 194 Å². The number of hydrogen-bond donors (Lipinski definition) is 0. The second-order valence-electron chi connectivity index (χ2n) is 14.9. The Bertz CT molecular complexity index is 2660. The van der Waals surface area contributed by atoms with E-state index in [9.17, 15) is 0 Å². The van der Waals surface area contributed by atoms with Crippen LogP contribution in [0.1, 0.15) is 51.4 Å². The van der Waals surface area contributed by atoms with Crippen LogP contribution in [0.5, 0.6) is 0 Å². The number of methoxy groups -OCH3 is 2. The van der Waals surface area contributed by atoms with Gasteiger partial charge in [0, 0.05) is 36.5 Å². The van der Waals surface area contributed by atoms with Gasteiger partial charge >= 0.3 is 0 Å². The summed E-state index contributed by atoms with van der Waals surface area (Å²) in [5.41, 5.74) is 16.0. The molecule has 8 aromatic rings. The molecule has 2 nitrogen and oxygen atoms in total. The lowest BCUT2D eigenvalue weighted by Gasteiger charge is -2.51. The van der Waals surface area contributed by atoms with E-state index in [1.54, 1.807) is 0 Å². The van der Waals surface area contributed by atoms with Crippen LogP contribution in [0.25, 0.3) is 44.5 Å². The van der Waals surface area contributed by atoms with Crippen LogP contribution in [0.3, 0.4) is 0 Å². The molecule has 1 aliphatic carbocycles. The Hall–Kier alpha value is -6.32. The minimum absolute atomic E-state index is 0.831. The lowest BCUT2D eigenvalue weighted by Crippen LogP contribution is -2.47. The molecule has 278 valence electrons. The van der Waals surface area contributed by atoms with E-state index in [2.05, 4.69) is 208 Å². The zero-order valence-electron chi connectivity index (χ0n) is 33.0. The van der Waals surface area contributed by atoms with Crippen LogP contribution in [-0.2, 0) is 27.1 Å². The molecule has 0 amide bonds. The monoisotopic (exact) mass is 738 g/mol. The summed E-state index contributed by atoms with van der Waals surface area (Å²) in [6, 6.07) is 69.7. The fraction of sp³-hybridized carbons (Fsp3) is 0.127. The highest BCUT2D eigenvalue weighted by Crippen LogP contribution is 2.63. The van der Waals surface area contributed by atoms with Crippen LogP contribution in [0, 0.1) is 6.92 Å². The molecule has 2 unspecified atom stereocenters. The Labute approximate surface area is 337 Å². The molecular weight excluding hydrogens is 693 g/mol. The molecule has 0 aromatic heterocycles. The number of ether oxygens (including phenoxy) is 2. The summed E-state index contributed by atoms with van der Waals surface area (Å²) in [7, 11) is 3.77. The maximum Gasteiger partial charge on any atom is 0.144 e. The van der Waals surface area contributed by atoms with Crippen molar-refractivity contribution in [1.82, 2.24) is 0 Å². The molecule has 0 N–H and O–H groups in total. The van der Waals surface area contributed by atoms with Crippen molar-refractivity contribution in [2.75, 3.05) is 14.2 Å². The molecule has 2 atom stereocenters. The summed E-state index contributed by atoms with van der Waals surface area (Å²) >= 11 is 0. The van der Waals surface area contributed by atoms with Crippen molar-refractivity contribution in [2.45, 2.75) is 31.5 Å². The first-order chi connectivity index (χ1) is 28.1.